The van der Waals surface area contributed by atoms with E-state index in [4.69, 9.17) is 0 Å². The lowest BCUT2D eigenvalue weighted by Gasteiger charge is -2.25. The first kappa shape index (κ1) is 8.62. The zero-order valence-corrected chi connectivity index (χ0v) is 7.69. The molecule has 0 aliphatic carbocycles. The lowest BCUT2D eigenvalue weighted by molar-refractivity contribution is -0.851. The fourth-order valence-corrected chi connectivity index (χ4v) is 2.00. The van der Waals surface area contributed by atoms with Gasteiger partial charge in [0, 0.05) is 19.8 Å². The highest BCUT2D eigenvalue weighted by molar-refractivity contribution is 4.88. The van der Waals surface area contributed by atoms with Crippen molar-refractivity contribution in [3.63, 3.8) is 0 Å². The highest BCUT2D eigenvalue weighted by Crippen LogP contribution is 2.18. The summed E-state index contributed by atoms with van der Waals surface area (Å²) in [5.74, 6) is 3.06. The number of quaternary nitrogens is 1. The molecule has 1 saturated heterocycles. The Bertz CT molecular complexity index is 167. The van der Waals surface area contributed by atoms with E-state index >= 15 is 0 Å². The van der Waals surface area contributed by atoms with Crippen molar-refractivity contribution in [2.45, 2.75) is 33.1 Å². The molecule has 11 heavy (non-hydrogen) atoms. The third kappa shape index (κ3) is 1.97. The summed E-state index contributed by atoms with van der Waals surface area (Å²) in [6.45, 7) is 8.02. The monoisotopic (exact) mass is 152 g/mol. The lowest BCUT2D eigenvalue weighted by atomic mass is 10.3. The van der Waals surface area contributed by atoms with Gasteiger partial charge in [0.2, 0.25) is 0 Å². The Morgan fingerprint density at radius 3 is 2.36 bits per heavy atom. The molecule has 0 aromatic rings. The van der Waals surface area contributed by atoms with Crippen molar-refractivity contribution < 1.29 is 4.48 Å². The smallest absolute Gasteiger partial charge is 0.136 e. The van der Waals surface area contributed by atoms with Crippen LogP contribution >= 0.6 is 0 Å². The van der Waals surface area contributed by atoms with Gasteiger partial charge in [0.25, 0.3) is 0 Å². The van der Waals surface area contributed by atoms with Gasteiger partial charge in [-0.05, 0) is 12.3 Å². The Morgan fingerprint density at radius 1 is 1.27 bits per heavy atom. The van der Waals surface area contributed by atoms with Gasteiger partial charge in [0.15, 0.2) is 0 Å². The second kappa shape index (κ2) is 3.78. The SMILES string of the molecule is CC#C[N+]1(CCC)CCCC1. The van der Waals surface area contributed by atoms with Crippen LogP contribution in [0, 0.1) is 12.0 Å². The third-order valence-electron chi connectivity index (χ3n) is 2.42. The molecule has 62 valence electrons. The first-order valence-electron chi connectivity index (χ1n) is 4.63. The summed E-state index contributed by atoms with van der Waals surface area (Å²) in [7, 11) is 0. The van der Waals surface area contributed by atoms with Crippen LogP contribution in [0.2, 0.25) is 0 Å². The second-order valence-electron chi connectivity index (χ2n) is 3.38. The molecule has 1 heteroatoms. The van der Waals surface area contributed by atoms with Gasteiger partial charge in [0.1, 0.15) is 6.04 Å². The maximum atomic E-state index is 3.35. The molecule has 1 aliphatic heterocycles. The van der Waals surface area contributed by atoms with Crippen LogP contribution in [0.1, 0.15) is 33.1 Å². The van der Waals surface area contributed by atoms with Gasteiger partial charge in [-0.25, -0.2) is 4.48 Å². The molecule has 0 unspecified atom stereocenters. The molecule has 1 fully saturated rings. The van der Waals surface area contributed by atoms with Crippen LogP contribution in [0.25, 0.3) is 0 Å². The van der Waals surface area contributed by atoms with Gasteiger partial charge in [-0.1, -0.05) is 6.92 Å². The normalized spacial score (nSPS) is 20.9. The van der Waals surface area contributed by atoms with E-state index in [0.29, 0.717) is 0 Å². The zero-order valence-electron chi connectivity index (χ0n) is 7.69. The average molecular weight is 152 g/mol. The number of rotatable bonds is 2. The van der Waals surface area contributed by atoms with Gasteiger partial charge >= 0.3 is 0 Å². The van der Waals surface area contributed by atoms with Crippen LogP contribution in [0.15, 0.2) is 0 Å². The fraction of sp³-hybridized carbons (Fsp3) is 0.800. The Balaban J connectivity index is 2.59. The molecular formula is C10H18N+. The van der Waals surface area contributed by atoms with E-state index in [2.05, 4.69) is 18.9 Å². The molecule has 0 atom stereocenters. The minimum absolute atomic E-state index is 1.08. The van der Waals surface area contributed by atoms with Gasteiger partial charge in [-0.2, -0.15) is 0 Å². The van der Waals surface area contributed by atoms with Crippen molar-refractivity contribution in [2.75, 3.05) is 19.6 Å². The maximum Gasteiger partial charge on any atom is 0.136 e. The summed E-state index contributed by atoms with van der Waals surface area (Å²) in [4.78, 5) is 0. The molecule has 0 aromatic heterocycles. The topological polar surface area (TPSA) is 0 Å². The molecule has 0 radical (unpaired) electrons. The minimum atomic E-state index is 1.08. The third-order valence-corrected chi connectivity index (χ3v) is 2.42. The van der Waals surface area contributed by atoms with Gasteiger partial charge in [0.05, 0.1) is 19.6 Å². The van der Waals surface area contributed by atoms with Crippen LogP contribution in [0.3, 0.4) is 0 Å². The Labute approximate surface area is 70.0 Å². The molecule has 1 nitrogen and oxygen atoms in total. The highest BCUT2D eigenvalue weighted by Gasteiger charge is 2.29. The molecule has 0 spiro atoms. The molecule has 0 aromatic carbocycles. The molecule has 1 aliphatic rings. The molecule has 1 rings (SSSR count). The number of nitrogens with zero attached hydrogens (tertiary/aromatic N) is 1. The van der Waals surface area contributed by atoms with E-state index in [1.807, 2.05) is 6.92 Å². The van der Waals surface area contributed by atoms with Gasteiger partial charge in [-0.3, -0.25) is 0 Å². The molecule has 0 N–H and O–H groups in total. The number of hydrogen-bond acceptors (Lipinski definition) is 0. The van der Waals surface area contributed by atoms with Crippen LogP contribution < -0.4 is 0 Å². The van der Waals surface area contributed by atoms with Crippen molar-refractivity contribution in [1.82, 2.24) is 0 Å². The average Bonchev–Trinajstić information content (AvgIpc) is 2.39. The van der Waals surface area contributed by atoms with Gasteiger partial charge in [-0.15, -0.1) is 0 Å². The molecule has 1 heterocycles. The van der Waals surface area contributed by atoms with Crippen molar-refractivity contribution in [1.29, 1.82) is 0 Å². The second-order valence-corrected chi connectivity index (χ2v) is 3.38. The highest BCUT2D eigenvalue weighted by atomic mass is 15.3. The minimum Gasteiger partial charge on any atom is -0.246 e. The predicted molar refractivity (Wildman–Crippen MR) is 47.8 cm³/mol. The molecule has 0 bridgehead atoms. The quantitative estimate of drug-likeness (QED) is 0.419. The van der Waals surface area contributed by atoms with E-state index in [1.165, 1.54) is 38.9 Å². The Morgan fingerprint density at radius 2 is 1.91 bits per heavy atom. The molecular weight excluding hydrogens is 134 g/mol. The Hall–Kier alpha value is -0.480. The largest absolute Gasteiger partial charge is 0.246 e. The first-order valence-corrected chi connectivity index (χ1v) is 4.63. The summed E-state index contributed by atoms with van der Waals surface area (Å²) in [5, 5.41) is 0. The van der Waals surface area contributed by atoms with Crippen LogP contribution in [-0.4, -0.2) is 24.1 Å². The number of hydrogen-bond donors (Lipinski definition) is 0. The van der Waals surface area contributed by atoms with Crippen molar-refractivity contribution in [3.8, 4) is 12.0 Å². The number of likely N-dealkylation sites (tertiary alicyclic amines) is 1. The fourth-order valence-electron chi connectivity index (χ4n) is 2.00. The van der Waals surface area contributed by atoms with Crippen molar-refractivity contribution >= 4 is 0 Å². The van der Waals surface area contributed by atoms with E-state index in [1.54, 1.807) is 0 Å². The summed E-state index contributed by atoms with van der Waals surface area (Å²) in [6, 6.07) is 3.35. The zero-order chi connectivity index (χ0) is 8.16. The summed E-state index contributed by atoms with van der Waals surface area (Å²) >= 11 is 0. The van der Waals surface area contributed by atoms with Crippen molar-refractivity contribution in [3.05, 3.63) is 0 Å². The van der Waals surface area contributed by atoms with E-state index in [-0.39, 0.29) is 0 Å². The van der Waals surface area contributed by atoms with Gasteiger partial charge < -0.3 is 0 Å². The lowest BCUT2D eigenvalue weighted by Crippen LogP contribution is -2.40. The maximum absolute atomic E-state index is 3.35. The molecule has 0 amide bonds. The Kier molecular flexibility index (Phi) is 2.96. The standard InChI is InChI=1S/C10H18N/c1-3-7-11(8-4-2)9-5-6-10-11/h3,5-7,9-10H2,1-2H3/q+1. The molecule has 0 saturated carbocycles. The van der Waals surface area contributed by atoms with E-state index in [0.717, 1.165) is 4.48 Å². The van der Waals surface area contributed by atoms with E-state index in [9.17, 15) is 0 Å². The van der Waals surface area contributed by atoms with Crippen LogP contribution in [-0.2, 0) is 0 Å². The van der Waals surface area contributed by atoms with Crippen LogP contribution in [0.4, 0.5) is 0 Å². The summed E-state index contributed by atoms with van der Waals surface area (Å²) in [5.41, 5.74) is 0. The predicted octanol–water partition coefficient (Wildman–Crippen LogP) is 1.99. The first-order chi connectivity index (χ1) is 5.33. The van der Waals surface area contributed by atoms with Crippen LogP contribution in [0.5, 0.6) is 0 Å². The summed E-state index contributed by atoms with van der Waals surface area (Å²) in [6.07, 6.45) is 4.00. The van der Waals surface area contributed by atoms with E-state index < -0.39 is 0 Å². The summed E-state index contributed by atoms with van der Waals surface area (Å²) < 4.78 is 1.08. The van der Waals surface area contributed by atoms with Crippen molar-refractivity contribution in [2.24, 2.45) is 0 Å².